The van der Waals surface area contributed by atoms with Crippen LogP contribution in [0.5, 0.6) is 5.75 Å². The highest BCUT2D eigenvalue weighted by atomic mass is 32.2. The molecule has 2 atom stereocenters. The van der Waals surface area contributed by atoms with E-state index in [-0.39, 0.29) is 17.5 Å². The highest BCUT2D eigenvalue weighted by Crippen LogP contribution is 2.34. The molecule has 6 heteroatoms. The smallest absolute Gasteiger partial charge is 0.243 e. The number of aryl methyl sites for hydroxylation is 1. The average Bonchev–Trinajstić information content (AvgIpc) is 2.91. The lowest BCUT2D eigenvalue weighted by molar-refractivity contribution is 0.0751. The minimum atomic E-state index is -3.66. The summed E-state index contributed by atoms with van der Waals surface area (Å²) in [4.78, 5) is 0.264. The van der Waals surface area contributed by atoms with E-state index in [1.165, 1.54) is 4.31 Å². The van der Waals surface area contributed by atoms with Crippen LogP contribution in [0.1, 0.15) is 24.5 Å². The fraction of sp³-hybridized carbons (Fsp3) is 0.400. The standard InChI is InChI=1S/C20H25NO4S/c1-15-4-10-19(11-5-15)26(23,24)21-14-20(2,22)13-17(21)12-16-6-8-18(25-3)9-7-16/h4-11,17,22H,12-14H2,1-3H3/t17-,20-/m1/s1. The van der Waals surface area contributed by atoms with Gasteiger partial charge in [-0.05, 0) is 56.5 Å². The Bertz CT molecular complexity index is 858. The van der Waals surface area contributed by atoms with Gasteiger partial charge in [0.25, 0.3) is 0 Å². The third-order valence-electron chi connectivity index (χ3n) is 4.84. The van der Waals surface area contributed by atoms with Crippen molar-refractivity contribution in [1.82, 2.24) is 4.31 Å². The van der Waals surface area contributed by atoms with E-state index in [4.69, 9.17) is 4.74 Å². The number of nitrogens with zero attached hydrogens (tertiary/aromatic N) is 1. The van der Waals surface area contributed by atoms with Gasteiger partial charge in [-0.15, -0.1) is 0 Å². The van der Waals surface area contributed by atoms with Gasteiger partial charge in [-0.25, -0.2) is 8.42 Å². The van der Waals surface area contributed by atoms with Gasteiger partial charge in [0.1, 0.15) is 5.75 Å². The molecule has 0 radical (unpaired) electrons. The van der Waals surface area contributed by atoms with Gasteiger partial charge in [-0.3, -0.25) is 0 Å². The van der Waals surface area contributed by atoms with Gasteiger partial charge >= 0.3 is 0 Å². The Hall–Kier alpha value is -1.89. The molecule has 2 aromatic rings. The van der Waals surface area contributed by atoms with Crippen LogP contribution in [0.15, 0.2) is 53.4 Å². The first kappa shape index (κ1) is 18.9. The Morgan fingerprint density at radius 1 is 1.15 bits per heavy atom. The summed E-state index contributed by atoms with van der Waals surface area (Å²) in [7, 11) is -2.05. The van der Waals surface area contributed by atoms with Crippen LogP contribution in [0, 0.1) is 6.92 Å². The molecule has 0 aromatic heterocycles. The maximum Gasteiger partial charge on any atom is 0.243 e. The zero-order valence-electron chi connectivity index (χ0n) is 15.3. The Kier molecular flexibility index (Phi) is 5.10. The van der Waals surface area contributed by atoms with Gasteiger partial charge in [0.05, 0.1) is 17.6 Å². The summed E-state index contributed by atoms with van der Waals surface area (Å²) < 4.78 is 32.9. The van der Waals surface area contributed by atoms with E-state index >= 15 is 0 Å². The first-order chi connectivity index (χ1) is 12.2. The Labute approximate surface area is 155 Å². The Balaban J connectivity index is 1.88. The van der Waals surface area contributed by atoms with Crippen LogP contribution in [0.25, 0.3) is 0 Å². The maximum atomic E-state index is 13.1. The molecule has 1 N–H and O–H groups in total. The molecule has 0 unspecified atom stereocenters. The molecule has 0 amide bonds. The fourth-order valence-corrected chi connectivity index (χ4v) is 5.21. The summed E-state index contributed by atoms with van der Waals surface area (Å²) >= 11 is 0. The molecule has 1 saturated heterocycles. The fourth-order valence-electron chi connectivity index (χ4n) is 3.47. The molecule has 2 aromatic carbocycles. The topological polar surface area (TPSA) is 66.8 Å². The summed E-state index contributed by atoms with van der Waals surface area (Å²) in [6.45, 7) is 3.71. The predicted octanol–water partition coefficient (Wildman–Crippen LogP) is 2.76. The van der Waals surface area contributed by atoms with Gasteiger partial charge in [-0.2, -0.15) is 4.31 Å². The lowest BCUT2D eigenvalue weighted by Crippen LogP contribution is -2.38. The first-order valence-corrected chi connectivity index (χ1v) is 10.1. The Morgan fingerprint density at radius 3 is 2.35 bits per heavy atom. The molecule has 5 nitrogen and oxygen atoms in total. The monoisotopic (exact) mass is 375 g/mol. The largest absolute Gasteiger partial charge is 0.497 e. The minimum absolute atomic E-state index is 0.101. The number of sulfonamides is 1. The molecule has 1 heterocycles. The minimum Gasteiger partial charge on any atom is -0.497 e. The second-order valence-electron chi connectivity index (χ2n) is 7.27. The van der Waals surface area contributed by atoms with Gasteiger partial charge in [-0.1, -0.05) is 29.8 Å². The highest BCUT2D eigenvalue weighted by molar-refractivity contribution is 7.89. The molecule has 1 aliphatic rings. The molecule has 1 aliphatic heterocycles. The van der Waals surface area contributed by atoms with Crippen LogP contribution < -0.4 is 4.74 Å². The van der Waals surface area contributed by atoms with Crippen LogP contribution in [0.4, 0.5) is 0 Å². The van der Waals surface area contributed by atoms with Crippen molar-refractivity contribution in [2.75, 3.05) is 13.7 Å². The molecule has 1 fully saturated rings. The Morgan fingerprint density at radius 2 is 1.77 bits per heavy atom. The summed E-state index contributed by atoms with van der Waals surface area (Å²) in [5.74, 6) is 0.760. The van der Waals surface area contributed by atoms with Crippen molar-refractivity contribution in [2.45, 2.75) is 43.2 Å². The van der Waals surface area contributed by atoms with Crippen molar-refractivity contribution >= 4 is 10.0 Å². The number of hydrogen-bond donors (Lipinski definition) is 1. The number of benzene rings is 2. The van der Waals surface area contributed by atoms with Crippen LogP contribution in [-0.2, 0) is 16.4 Å². The number of β-amino-alcohol motifs (C(OH)–C–C–N with tert-alkyl or cyclic N) is 1. The molecule has 0 aliphatic carbocycles. The number of methoxy groups -OCH3 is 1. The quantitative estimate of drug-likeness (QED) is 0.873. The van der Waals surface area contributed by atoms with E-state index in [2.05, 4.69) is 0 Å². The van der Waals surface area contributed by atoms with E-state index in [0.29, 0.717) is 12.8 Å². The van der Waals surface area contributed by atoms with E-state index in [0.717, 1.165) is 16.9 Å². The molecule has 0 bridgehead atoms. The number of ether oxygens (including phenoxy) is 1. The molecule has 0 spiro atoms. The summed E-state index contributed by atoms with van der Waals surface area (Å²) in [5.41, 5.74) is 0.985. The van der Waals surface area contributed by atoms with Crippen molar-refractivity contribution in [3.8, 4) is 5.75 Å². The molecule has 3 rings (SSSR count). The van der Waals surface area contributed by atoms with Crippen molar-refractivity contribution in [3.63, 3.8) is 0 Å². The lowest BCUT2D eigenvalue weighted by Gasteiger charge is -2.24. The van der Waals surface area contributed by atoms with E-state index < -0.39 is 15.6 Å². The van der Waals surface area contributed by atoms with Crippen molar-refractivity contribution < 1.29 is 18.3 Å². The molecule has 140 valence electrons. The van der Waals surface area contributed by atoms with Crippen LogP contribution in [0.3, 0.4) is 0 Å². The molecule has 26 heavy (non-hydrogen) atoms. The predicted molar refractivity (Wildman–Crippen MR) is 101 cm³/mol. The first-order valence-electron chi connectivity index (χ1n) is 8.65. The van der Waals surface area contributed by atoms with E-state index in [9.17, 15) is 13.5 Å². The third-order valence-corrected chi connectivity index (χ3v) is 6.75. The number of aliphatic hydroxyl groups is 1. The van der Waals surface area contributed by atoms with E-state index in [1.54, 1.807) is 38.3 Å². The summed E-state index contributed by atoms with van der Waals surface area (Å²) in [5, 5.41) is 10.5. The summed E-state index contributed by atoms with van der Waals surface area (Å²) in [6, 6.07) is 14.1. The van der Waals surface area contributed by atoms with Crippen molar-refractivity contribution in [3.05, 3.63) is 59.7 Å². The van der Waals surface area contributed by atoms with Gasteiger partial charge in [0.2, 0.25) is 10.0 Å². The second kappa shape index (κ2) is 7.02. The number of rotatable bonds is 5. The van der Waals surface area contributed by atoms with Crippen molar-refractivity contribution in [2.24, 2.45) is 0 Å². The van der Waals surface area contributed by atoms with Crippen LogP contribution in [0.2, 0.25) is 0 Å². The molecular formula is C20H25NO4S. The van der Waals surface area contributed by atoms with E-state index in [1.807, 2.05) is 31.2 Å². The number of hydrogen-bond acceptors (Lipinski definition) is 4. The van der Waals surface area contributed by atoms with Crippen molar-refractivity contribution in [1.29, 1.82) is 0 Å². The van der Waals surface area contributed by atoms with Gasteiger partial charge in [0, 0.05) is 12.6 Å². The maximum absolute atomic E-state index is 13.1. The normalized spacial score (nSPS) is 23.9. The SMILES string of the molecule is COc1ccc(C[C@@H]2C[C@@](C)(O)CN2S(=O)(=O)c2ccc(C)cc2)cc1. The lowest BCUT2D eigenvalue weighted by atomic mass is 9.98. The zero-order valence-corrected chi connectivity index (χ0v) is 16.2. The van der Waals surface area contributed by atoms with Gasteiger partial charge < -0.3 is 9.84 Å². The molecule has 0 saturated carbocycles. The highest BCUT2D eigenvalue weighted by Gasteiger charge is 2.45. The average molecular weight is 375 g/mol. The summed E-state index contributed by atoms with van der Waals surface area (Å²) in [6.07, 6.45) is 0.954. The second-order valence-corrected chi connectivity index (χ2v) is 9.16. The zero-order chi connectivity index (χ0) is 18.9. The van der Waals surface area contributed by atoms with Gasteiger partial charge in [0.15, 0.2) is 0 Å². The third kappa shape index (κ3) is 3.92. The molecular weight excluding hydrogens is 350 g/mol. The van der Waals surface area contributed by atoms with Crippen LogP contribution >= 0.6 is 0 Å². The van der Waals surface area contributed by atoms with Crippen LogP contribution in [-0.4, -0.2) is 43.1 Å².